The molecule has 0 fully saturated rings. The van der Waals surface area contributed by atoms with Gasteiger partial charge >= 0.3 is 5.97 Å². The predicted molar refractivity (Wildman–Crippen MR) is 107 cm³/mol. The first-order valence-electron chi connectivity index (χ1n) is 8.38. The van der Waals surface area contributed by atoms with E-state index in [1.165, 1.54) is 10.5 Å². The van der Waals surface area contributed by atoms with E-state index in [9.17, 15) is 22.9 Å². The standard InChI is InChI=1S/C14H14OS.C5H10O6S/c1-16(11-12-5-3-2-4-6-12)14-9-7-13(15)8-10-14;1-3-10-5(6)4(2)11-12(7,8)9/h2-10H,11H2,1H3;4H,3H2,1-2H3,(H,7,8,9). The van der Waals surface area contributed by atoms with Crippen molar-refractivity contribution in [3.63, 3.8) is 0 Å². The van der Waals surface area contributed by atoms with Crippen molar-refractivity contribution in [3.8, 4) is 5.75 Å². The molecule has 154 valence electrons. The number of benzene rings is 2. The molecule has 0 saturated heterocycles. The minimum atomic E-state index is -4.84. The van der Waals surface area contributed by atoms with Crippen molar-refractivity contribution in [3.05, 3.63) is 60.2 Å². The lowest BCUT2D eigenvalue weighted by molar-refractivity contribution is -0.150. The third-order valence-electron chi connectivity index (χ3n) is 3.35. The van der Waals surface area contributed by atoms with Crippen LogP contribution in [0.1, 0.15) is 19.4 Å². The highest BCUT2D eigenvalue weighted by atomic mass is 32.3. The van der Waals surface area contributed by atoms with Crippen LogP contribution in [0.25, 0.3) is 0 Å². The van der Waals surface area contributed by atoms with Crippen LogP contribution in [0.3, 0.4) is 0 Å². The number of ether oxygens (including phenoxy) is 1. The Morgan fingerprint density at radius 1 is 1.14 bits per heavy atom. The topological polar surface area (TPSA) is 113 Å². The van der Waals surface area contributed by atoms with Crippen molar-refractivity contribution in [1.29, 1.82) is 0 Å². The minimum absolute atomic E-state index is 0.103. The summed E-state index contributed by atoms with van der Waals surface area (Å²) >= 11 is 0. The number of aromatic hydroxyl groups is 1. The molecular formula is C19H24O7S2. The van der Waals surface area contributed by atoms with Gasteiger partial charge in [0.15, 0.2) is 11.0 Å². The first-order valence-corrected chi connectivity index (χ1v) is 11.5. The Balaban J connectivity index is 0.000000295. The average Bonchev–Trinajstić information content (AvgIpc) is 2.62. The maximum atomic E-state index is 10.7. The van der Waals surface area contributed by atoms with Gasteiger partial charge in [0.25, 0.3) is 0 Å². The number of rotatable bonds is 7. The summed E-state index contributed by atoms with van der Waals surface area (Å²) in [6.45, 7) is 2.77. The molecule has 0 radical (unpaired) electrons. The zero-order valence-corrected chi connectivity index (χ0v) is 17.5. The van der Waals surface area contributed by atoms with Gasteiger partial charge in [0.1, 0.15) is 17.8 Å². The molecule has 2 atom stereocenters. The van der Waals surface area contributed by atoms with Crippen molar-refractivity contribution in [2.45, 2.75) is 30.6 Å². The highest BCUT2D eigenvalue weighted by Gasteiger charge is 2.17. The molecule has 0 saturated carbocycles. The van der Waals surface area contributed by atoms with Crippen LogP contribution >= 0.6 is 0 Å². The van der Waals surface area contributed by atoms with Crippen LogP contribution in [0.4, 0.5) is 0 Å². The van der Waals surface area contributed by atoms with Gasteiger partial charge in [-0.05, 0) is 38.1 Å². The summed E-state index contributed by atoms with van der Waals surface area (Å²) in [7, 11) is -4.64. The lowest BCUT2D eigenvalue weighted by Gasteiger charge is -2.13. The maximum Gasteiger partial charge on any atom is 0.336 e. The Bertz CT molecular complexity index is 821. The molecule has 0 aliphatic carbocycles. The lowest BCUT2D eigenvalue weighted by Crippen LogP contribution is -2.26. The molecule has 0 heterocycles. The number of phenols is 1. The molecule has 0 spiro atoms. The van der Waals surface area contributed by atoms with Crippen molar-refractivity contribution in [2.24, 2.45) is 0 Å². The highest BCUT2D eigenvalue weighted by Crippen LogP contribution is 2.19. The van der Waals surface area contributed by atoms with Crippen LogP contribution in [0.15, 0.2) is 59.5 Å². The van der Waals surface area contributed by atoms with Crippen LogP contribution in [0.5, 0.6) is 5.75 Å². The Morgan fingerprint density at radius 2 is 1.71 bits per heavy atom. The van der Waals surface area contributed by atoms with Crippen LogP contribution in [0, 0.1) is 0 Å². The SMILES string of the molecule is CCOC(=O)C(C)OS(=O)(=O)[O-].C[S+](Cc1ccccc1)c1ccc(O)cc1. The van der Waals surface area contributed by atoms with Gasteiger partial charge in [0.2, 0.25) is 10.4 Å². The molecule has 2 rings (SSSR count). The van der Waals surface area contributed by atoms with Gasteiger partial charge in [-0.15, -0.1) is 0 Å². The van der Waals surface area contributed by atoms with Gasteiger partial charge in [-0.3, -0.25) is 4.18 Å². The molecule has 1 N–H and O–H groups in total. The van der Waals surface area contributed by atoms with E-state index in [-0.39, 0.29) is 17.5 Å². The fraction of sp³-hybridized carbons (Fsp3) is 0.316. The largest absolute Gasteiger partial charge is 0.726 e. The molecule has 2 aromatic rings. The molecule has 0 aliphatic heterocycles. The maximum absolute atomic E-state index is 10.7. The number of hydrogen-bond donors (Lipinski definition) is 1. The van der Waals surface area contributed by atoms with Crippen LogP contribution in [-0.4, -0.2) is 43.0 Å². The third-order valence-corrected chi connectivity index (χ3v) is 5.71. The summed E-state index contributed by atoms with van der Waals surface area (Å²) in [6, 6.07) is 18.0. The molecule has 2 unspecified atom stereocenters. The van der Waals surface area contributed by atoms with Gasteiger partial charge < -0.3 is 14.4 Å². The molecule has 0 amide bonds. The monoisotopic (exact) mass is 428 g/mol. The number of carbonyl (C=O) groups excluding carboxylic acids is 1. The zero-order chi connectivity index (χ0) is 21.2. The molecule has 28 heavy (non-hydrogen) atoms. The van der Waals surface area contributed by atoms with Crippen LogP contribution in [0.2, 0.25) is 0 Å². The van der Waals surface area contributed by atoms with Crippen LogP contribution < -0.4 is 0 Å². The predicted octanol–water partition coefficient (Wildman–Crippen LogP) is 2.61. The molecule has 0 aliphatic rings. The Morgan fingerprint density at radius 3 is 2.21 bits per heavy atom. The molecule has 0 bridgehead atoms. The minimum Gasteiger partial charge on any atom is -0.726 e. The van der Waals surface area contributed by atoms with Crippen molar-refractivity contribution < 1.29 is 31.8 Å². The number of esters is 1. The quantitative estimate of drug-likeness (QED) is 0.312. The summed E-state index contributed by atoms with van der Waals surface area (Å²) in [4.78, 5) is 12.0. The van der Waals surface area contributed by atoms with Crippen molar-refractivity contribution >= 4 is 27.3 Å². The Kier molecular flexibility index (Phi) is 10.0. The average molecular weight is 429 g/mol. The smallest absolute Gasteiger partial charge is 0.336 e. The molecular weight excluding hydrogens is 404 g/mol. The summed E-state index contributed by atoms with van der Waals surface area (Å²) < 4.78 is 38.1. The molecule has 7 nitrogen and oxygen atoms in total. The molecule has 9 heteroatoms. The third kappa shape index (κ3) is 9.75. The molecule has 2 aromatic carbocycles. The lowest BCUT2D eigenvalue weighted by atomic mass is 10.2. The van der Waals surface area contributed by atoms with Gasteiger partial charge in [0, 0.05) is 16.5 Å². The second kappa shape index (κ2) is 11.7. The summed E-state index contributed by atoms with van der Waals surface area (Å²) in [6.07, 6.45) is 0.854. The number of phenolic OH excluding ortho intramolecular Hbond substituents is 1. The van der Waals surface area contributed by atoms with E-state index in [1.807, 2.05) is 18.2 Å². The van der Waals surface area contributed by atoms with E-state index in [1.54, 1.807) is 19.1 Å². The van der Waals surface area contributed by atoms with E-state index in [4.69, 9.17) is 0 Å². The van der Waals surface area contributed by atoms with E-state index in [2.05, 4.69) is 39.4 Å². The summed E-state index contributed by atoms with van der Waals surface area (Å²) in [5.41, 5.74) is 1.36. The van der Waals surface area contributed by atoms with E-state index in [0.717, 1.165) is 12.7 Å². The Labute approximate surface area is 168 Å². The second-order valence-electron chi connectivity index (χ2n) is 5.66. The normalized spacial score (nSPS) is 13.0. The second-order valence-corrected chi connectivity index (χ2v) is 8.70. The van der Waals surface area contributed by atoms with E-state index < -0.39 is 22.5 Å². The number of carbonyl (C=O) groups is 1. The highest BCUT2D eigenvalue weighted by molar-refractivity contribution is 7.95. The van der Waals surface area contributed by atoms with E-state index in [0.29, 0.717) is 5.75 Å². The summed E-state index contributed by atoms with van der Waals surface area (Å²) in [5, 5.41) is 9.23. The van der Waals surface area contributed by atoms with E-state index >= 15 is 0 Å². The number of hydrogen-bond acceptors (Lipinski definition) is 7. The van der Waals surface area contributed by atoms with Gasteiger partial charge in [-0.25, -0.2) is 13.2 Å². The van der Waals surface area contributed by atoms with Gasteiger partial charge in [-0.1, -0.05) is 30.3 Å². The van der Waals surface area contributed by atoms with Gasteiger partial charge in [-0.2, -0.15) is 0 Å². The summed E-state index contributed by atoms with van der Waals surface area (Å²) in [5.74, 6) is 0.517. The fourth-order valence-electron chi connectivity index (χ4n) is 2.06. The fourth-order valence-corrected chi connectivity index (χ4v) is 3.95. The van der Waals surface area contributed by atoms with Gasteiger partial charge in [0.05, 0.1) is 6.61 Å². The first-order chi connectivity index (χ1) is 13.1. The first kappa shape index (κ1) is 24.0. The van der Waals surface area contributed by atoms with Crippen LogP contribution in [-0.2, 0) is 40.8 Å². The zero-order valence-electron chi connectivity index (χ0n) is 15.9. The molecule has 0 aromatic heterocycles. The van der Waals surface area contributed by atoms with Crippen molar-refractivity contribution in [1.82, 2.24) is 0 Å². The Hall–Kier alpha value is -2.07. The van der Waals surface area contributed by atoms with Crippen molar-refractivity contribution in [2.75, 3.05) is 12.9 Å².